The van der Waals surface area contributed by atoms with Gasteiger partial charge in [0.2, 0.25) is 10.0 Å². The molecular formula is C17H18N2O6S. The maximum Gasteiger partial charge on any atom is 0.339 e. The van der Waals surface area contributed by atoms with Gasteiger partial charge in [0, 0.05) is 24.6 Å². The van der Waals surface area contributed by atoms with Crippen LogP contribution in [0, 0.1) is 6.92 Å². The number of ether oxygens (including phenoxy) is 1. The molecule has 2 N–H and O–H groups in total. The maximum absolute atomic E-state index is 12.5. The van der Waals surface area contributed by atoms with Gasteiger partial charge in [-0.2, -0.15) is 0 Å². The molecule has 8 nitrogen and oxygen atoms in total. The Morgan fingerprint density at radius 2 is 1.96 bits per heavy atom. The predicted octanol–water partition coefficient (Wildman–Crippen LogP) is 0.889. The number of carbonyl (C=O) groups is 1. The van der Waals surface area contributed by atoms with E-state index in [4.69, 9.17) is 14.3 Å². The molecule has 0 spiro atoms. The molecule has 1 aliphatic rings. The van der Waals surface area contributed by atoms with Crippen LogP contribution >= 0.6 is 0 Å². The third-order valence-corrected chi connectivity index (χ3v) is 4.96. The Kier molecular flexibility index (Phi) is 4.84. The van der Waals surface area contributed by atoms with Gasteiger partial charge >= 0.3 is 5.63 Å². The molecule has 9 heteroatoms. The van der Waals surface area contributed by atoms with Crippen LogP contribution in [0.2, 0.25) is 0 Å². The van der Waals surface area contributed by atoms with E-state index in [1.165, 1.54) is 30.3 Å². The molecule has 138 valence electrons. The van der Waals surface area contributed by atoms with Crippen molar-refractivity contribution in [1.29, 1.82) is 0 Å². The second-order valence-corrected chi connectivity index (χ2v) is 7.63. The van der Waals surface area contributed by atoms with E-state index >= 15 is 0 Å². The molecule has 3 rings (SSSR count). The van der Waals surface area contributed by atoms with E-state index in [-0.39, 0.29) is 16.9 Å². The van der Waals surface area contributed by atoms with Crippen molar-refractivity contribution >= 4 is 15.9 Å². The molecule has 2 aromatic rings. The lowest BCUT2D eigenvalue weighted by molar-refractivity contribution is 0.0772. The van der Waals surface area contributed by atoms with E-state index < -0.39 is 15.6 Å². The van der Waals surface area contributed by atoms with Crippen molar-refractivity contribution < 1.29 is 22.4 Å². The van der Waals surface area contributed by atoms with Crippen molar-refractivity contribution in [3.63, 3.8) is 0 Å². The summed E-state index contributed by atoms with van der Waals surface area (Å²) >= 11 is 0. The minimum absolute atomic E-state index is 0.0463. The number of rotatable bonds is 4. The summed E-state index contributed by atoms with van der Waals surface area (Å²) in [6.45, 7) is 2.53. The minimum Gasteiger partial charge on any atom is -0.488 e. The van der Waals surface area contributed by atoms with E-state index in [0.717, 1.165) is 0 Å². The fourth-order valence-corrected chi connectivity index (χ4v) is 3.33. The highest BCUT2D eigenvalue weighted by molar-refractivity contribution is 7.89. The third-order valence-electron chi connectivity index (χ3n) is 4.03. The van der Waals surface area contributed by atoms with Gasteiger partial charge in [0.25, 0.3) is 5.91 Å². The number of likely N-dealkylation sites (tertiary alicyclic amines) is 1. The summed E-state index contributed by atoms with van der Waals surface area (Å²) in [4.78, 5) is 25.5. The van der Waals surface area contributed by atoms with E-state index in [0.29, 0.717) is 36.6 Å². The standard InChI is InChI=1S/C17H18N2O6S/c1-11-8-14(9-16(20)24-11)25-13-6-7-19(10-13)17(21)12-2-4-15(5-3-12)26(18,22)23/h2-5,8-9,13H,6-7,10H2,1H3,(H2,18,22,23). The monoisotopic (exact) mass is 378 g/mol. The summed E-state index contributed by atoms with van der Waals surface area (Å²) in [7, 11) is -3.79. The van der Waals surface area contributed by atoms with Crippen molar-refractivity contribution in [1.82, 2.24) is 4.90 Å². The van der Waals surface area contributed by atoms with Crippen LogP contribution in [0.3, 0.4) is 0 Å². The molecule has 26 heavy (non-hydrogen) atoms. The molecule has 0 radical (unpaired) electrons. The number of nitrogens with two attached hydrogens (primary N) is 1. The Hall–Kier alpha value is -2.65. The van der Waals surface area contributed by atoms with Crippen LogP contribution in [-0.2, 0) is 10.0 Å². The van der Waals surface area contributed by atoms with Crippen LogP contribution in [0.4, 0.5) is 0 Å². The Bertz CT molecular complexity index is 981. The molecule has 1 saturated heterocycles. The van der Waals surface area contributed by atoms with Crippen LogP contribution in [-0.4, -0.2) is 38.4 Å². The summed E-state index contributed by atoms with van der Waals surface area (Å²) in [5, 5.41) is 5.05. The lowest BCUT2D eigenvalue weighted by Gasteiger charge is -2.17. The van der Waals surface area contributed by atoms with Crippen molar-refractivity contribution in [3.8, 4) is 5.75 Å². The first-order chi connectivity index (χ1) is 12.2. The average molecular weight is 378 g/mol. The zero-order chi connectivity index (χ0) is 18.9. The van der Waals surface area contributed by atoms with E-state index in [1.54, 1.807) is 17.9 Å². The van der Waals surface area contributed by atoms with Gasteiger partial charge < -0.3 is 14.1 Å². The molecule has 1 unspecified atom stereocenters. The number of sulfonamides is 1. The topological polar surface area (TPSA) is 120 Å². The summed E-state index contributed by atoms with van der Waals surface area (Å²) in [6.07, 6.45) is 0.393. The molecule has 2 heterocycles. The number of benzene rings is 1. The number of carbonyl (C=O) groups excluding carboxylic acids is 1. The van der Waals surface area contributed by atoms with Crippen LogP contribution < -0.4 is 15.5 Å². The smallest absolute Gasteiger partial charge is 0.339 e. The SMILES string of the molecule is Cc1cc(OC2CCN(C(=O)c3ccc(S(N)(=O)=O)cc3)C2)cc(=O)o1. The van der Waals surface area contributed by atoms with Crippen molar-refractivity contribution in [2.75, 3.05) is 13.1 Å². The summed E-state index contributed by atoms with van der Waals surface area (Å²) < 4.78 is 33.2. The van der Waals surface area contributed by atoms with E-state index in [9.17, 15) is 18.0 Å². The molecule has 1 fully saturated rings. The van der Waals surface area contributed by atoms with Crippen LogP contribution in [0.15, 0.2) is 50.5 Å². The quantitative estimate of drug-likeness (QED) is 0.844. The molecule has 1 aromatic heterocycles. The lowest BCUT2D eigenvalue weighted by Crippen LogP contribution is -2.31. The summed E-state index contributed by atoms with van der Waals surface area (Å²) in [6, 6.07) is 8.36. The molecule has 1 amide bonds. The molecule has 0 aliphatic carbocycles. The summed E-state index contributed by atoms with van der Waals surface area (Å²) in [5.74, 6) is 0.643. The first-order valence-electron chi connectivity index (χ1n) is 7.93. The van der Waals surface area contributed by atoms with Crippen molar-refractivity contribution in [2.45, 2.75) is 24.3 Å². The first-order valence-corrected chi connectivity index (χ1v) is 9.47. The zero-order valence-corrected chi connectivity index (χ0v) is 14.9. The van der Waals surface area contributed by atoms with Gasteiger partial charge in [0.05, 0.1) is 17.5 Å². The predicted molar refractivity (Wildman–Crippen MR) is 92.5 cm³/mol. The van der Waals surface area contributed by atoms with Gasteiger partial charge in [-0.25, -0.2) is 18.4 Å². The van der Waals surface area contributed by atoms with Crippen LogP contribution in [0.1, 0.15) is 22.5 Å². The molecular weight excluding hydrogens is 360 g/mol. The zero-order valence-electron chi connectivity index (χ0n) is 14.0. The number of primary sulfonamides is 1. The van der Waals surface area contributed by atoms with Crippen molar-refractivity contribution in [3.05, 3.63) is 58.1 Å². The second-order valence-electron chi connectivity index (χ2n) is 6.07. The molecule has 1 aromatic carbocycles. The fourth-order valence-electron chi connectivity index (χ4n) is 2.81. The largest absolute Gasteiger partial charge is 0.488 e. The highest BCUT2D eigenvalue weighted by atomic mass is 32.2. The van der Waals surface area contributed by atoms with Gasteiger partial charge in [-0.05, 0) is 31.2 Å². The third kappa shape index (κ3) is 4.12. The maximum atomic E-state index is 12.5. The number of aryl methyl sites for hydroxylation is 1. The number of nitrogens with zero attached hydrogens (tertiary/aromatic N) is 1. The van der Waals surface area contributed by atoms with Gasteiger partial charge in [-0.1, -0.05) is 0 Å². The normalized spacial score (nSPS) is 17.3. The van der Waals surface area contributed by atoms with E-state index in [1.807, 2.05) is 0 Å². The summed E-state index contributed by atoms with van der Waals surface area (Å²) in [5.41, 5.74) is -0.116. The average Bonchev–Trinajstić information content (AvgIpc) is 3.01. The van der Waals surface area contributed by atoms with Crippen LogP contribution in [0.5, 0.6) is 5.75 Å². The Morgan fingerprint density at radius 3 is 2.58 bits per heavy atom. The molecule has 1 aliphatic heterocycles. The first kappa shape index (κ1) is 18.2. The molecule has 0 saturated carbocycles. The van der Waals surface area contributed by atoms with Gasteiger partial charge in [0.1, 0.15) is 17.6 Å². The number of hydrogen-bond donors (Lipinski definition) is 1. The molecule has 0 bridgehead atoms. The highest BCUT2D eigenvalue weighted by Gasteiger charge is 2.28. The van der Waals surface area contributed by atoms with Crippen molar-refractivity contribution in [2.24, 2.45) is 5.14 Å². The fraction of sp³-hybridized carbons (Fsp3) is 0.294. The Labute approximate surface area is 150 Å². The lowest BCUT2D eigenvalue weighted by atomic mass is 10.2. The van der Waals surface area contributed by atoms with Crippen LogP contribution in [0.25, 0.3) is 0 Å². The Balaban J connectivity index is 1.66. The minimum atomic E-state index is -3.79. The molecule has 1 atom stereocenters. The highest BCUT2D eigenvalue weighted by Crippen LogP contribution is 2.20. The van der Waals surface area contributed by atoms with Gasteiger partial charge in [-0.15, -0.1) is 0 Å². The van der Waals surface area contributed by atoms with Gasteiger partial charge in [-0.3, -0.25) is 4.79 Å². The van der Waals surface area contributed by atoms with Gasteiger partial charge in [0.15, 0.2) is 0 Å². The number of hydrogen-bond acceptors (Lipinski definition) is 6. The number of amides is 1. The van der Waals surface area contributed by atoms with E-state index in [2.05, 4.69) is 0 Å². The second kappa shape index (κ2) is 6.93. The Morgan fingerprint density at radius 1 is 1.27 bits per heavy atom.